The molecule has 0 bridgehead atoms. The van der Waals surface area contributed by atoms with Crippen molar-refractivity contribution >= 4 is 46.0 Å². The number of hydrogen-bond acceptors (Lipinski definition) is 6. The van der Waals surface area contributed by atoms with Crippen molar-refractivity contribution in [1.29, 1.82) is 0 Å². The fourth-order valence-corrected chi connectivity index (χ4v) is 3.30. The minimum absolute atomic E-state index is 0. The van der Waals surface area contributed by atoms with E-state index in [4.69, 9.17) is 15.6 Å². The van der Waals surface area contributed by atoms with E-state index in [0.717, 1.165) is 27.8 Å². The Bertz CT molecular complexity index is 1320. The Hall–Kier alpha value is -3.84. The predicted octanol–water partition coefficient (Wildman–Crippen LogP) is 4.70. The molecule has 0 unspecified atom stereocenters. The average molecular weight is 419 g/mol. The second-order valence-electron chi connectivity index (χ2n) is 6.63. The van der Waals surface area contributed by atoms with E-state index in [0.29, 0.717) is 23.0 Å². The van der Waals surface area contributed by atoms with Crippen molar-refractivity contribution in [3.63, 3.8) is 0 Å². The molecule has 2 aromatic heterocycles. The van der Waals surface area contributed by atoms with Crippen molar-refractivity contribution in [2.45, 2.75) is 0 Å². The van der Waals surface area contributed by atoms with Gasteiger partial charge < -0.3 is 15.8 Å². The molecule has 0 spiro atoms. The second-order valence-corrected chi connectivity index (χ2v) is 6.63. The van der Waals surface area contributed by atoms with E-state index in [1.54, 1.807) is 11.6 Å². The third-order valence-electron chi connectivity index (χ3n) is 4.79. The van der Waals surface area contributed by atoms with Crippen LogP contribution in [0, 0.1) is 0 Å². The third-order valence-corrected chi connectivity index (χ3v) is 4.79. The summed E-state index contributed by atoms with van der Waals surface area (Å²) in [6, 6.07) is 23.2. The molecule has 0 aliphatic carbocycles. The average Bonchev–Trinajstić information content (AvgIpc) is 3.19. The molecule has 0 saturated carbocycles. The van der Waals surface area contributed by atoms with Crippen LogP contribution in [0.15, 0.2) is 72.8 Å². The number of fused-ring (bicyclic) bond motifs is 3. The van der Waals surface area contributed by atoms with Crippen molar-refractivity contribution in [2.24, 2.45) is 0 Å². The Morgan fingerprint density at radius 1 is 0.867 bits per heavy atom. The van der Waals surface area contributed by atoms with E-state index in [1.165, 1.54) is 0 Å². The van der Waals surface area contributed by atoms with E-state index in [9.17, 15) is 0 Å². The summed E-state index contributed by atoms with van der Waals surface area (Å²) >= 11 is 0. The molecule has 7 nitrogen and oxygen atoms in total. The van der Waals surface area contributed by atoms with Crippen LogP contribution in [0.1, 0.15) is 0 Å². The molecule has 30 heavy (non-hydrogen) atoms. The maximum atomic E-state index is 5.80. The van der Waals surface area contributed by atoms with Gasteiger partial charge in [0.2, 0.25) is 0 Å². The fraction of sp³-hybridized carbons (Fsp3) is 0.0455. The number of nitrogen functional groups attached to an aromatic ring is 1. The minimum Gasteiger partial charge on any atom is -0.497 e. The van der Waals surface area contributed by atoms with E-state index < -0.39 is 0 Å². The van der Waals surface area contributed by atoms with Gasteiger partial charge in [-0.2, -0.15) is 4.52 Å². The number of nitrogens with one attached hydrogen (secondary N) is 1. The first-order valence-electron chi connectivity index (χ1n) is 9.14. The van der Waals surface area contributed by atoms with E-state index in [1.807, 2.05) is 72.8 Å². The van der Waals surface area contributed by atoms with Gasteiger partial charge in [-0.05, 0) is 48.5 Å². The minimum atomic E-state index is 0. The number of halogens is 1. The van der Waals surface area contributed by atoms with Gasteiger partial charge in [-0.15, -0.1) is 27.7 Å². The molecule has 8 heteroatoms. The Kier molecular flexibility index (Phi) is 5.12. The summed E-state index contributed by atoms with van der Waals surface area (Å²) in [5.74, 6) is 2.16. The normalized spacial score (nSPS) is 10.7. The zero-order valence-corrected chi connectivity index (χ0v) is 16.9. The number of nitrogens with zero attached hydrogens (tertiary/aromatic N) is 4. The largest absolute Gasteiger partial charge is 0.497 e. The lowest BCUT2D eigenvalue weighted by Crippen LogP contribution is -2.02. The number of nitrogens with two attached hydrogens (primary N) is 1. The Morgan fingerprint density at radius 3 is 2.27 bits per heavy atom. The van der Waals surface area contributed by atoms with Crippen molar-refractivity contribution in [1.82, 2.24) is 19.8 Å². The molecule has 0 saturated heterocycles. The molecule has 0 amide bonds. The molecular formula is C22H19ClN6O. The smallest absolute Gasteiger partial charge is 0.186 e. The zero-order valence-electron chi connectivity index (χ0n) is 16.1. The topological polar surface area (TPSA) is 90.4 Å². The molecule has 3 N–H and O–H groups in total. The highest BCUT2D eigenvalue weighted by molar-refractivity contribution is 6.01. The van der Waals surface area contributed by atoms with Gasteiger partial charge >= 0.3 is 0 Å². The molecule has 3 aromatic carbocycles. The van der Waals surface area contributed by atoms with Crippen molar-refractivity contribution < 1.29 is 4.74 Å². The van der Waals surface area contributed by atoms with Crippen LogP contribution in [0.4, 0.5) is 17.2 Å². The Morgan fingerprint density at radius 2 is 1.57 bits per heavy atom. The Balaban J connectivity index is 0.00000218. The third kappa shape index (κ3) is 3.35. The SMILES string of the molecule is COc1ccc(-c2nnc3c4ccccc4c(Nc4ccc(N)cc4)nn23)cc1.Cl. The maximum Gasteiger partial charge on any atom is 0.186 e. The molecule has 5 rings (SSSR count). The first-order valence-corrected chi connectivity index (χ1v) is 9.14. The summed E-state index contributed by atoms with van der Waals surface area (Å²) in [5.41, 5.74) is 9.02. The molecule has 0 fully saturated rings. The van der Waals surface area contributed by atoms with Gasteiger partial charge in [0.05, 0.1) is 7.11 Å². The number of benzene rings is 3. The van der Waals surface area contributed by atoms with Crippen molar-refractivity contribution in [3.05, 3.63) is 72.8 Å². The first-order chi connectivity index (χ1) is 14.2. The number of anilines is 3. The summed E-state index contributed by atoms with van der Waals surface area (Å²) in [6.45, 7) is 0. The molecular weight excluding hydrogens is 400 g/mol. The summed E-state index contributed by atoms with van der Waals surface area (Å²) in [4.78, 5) is 0. The van der Waals surface area contributed by atoms with E-state index >= 15 is 0 Å². The standard InChI is InChI=1S/C22H18N6O.ClH/c1-29-17-12-6-14(7-13-17)21-25-26-22-19-5-3-2-4-18(19)20(27-28(21)22)24-16-10-8-15(23)9-11-16;/h2-13H,23H2,1H3,(H,24,27);1H. The van der Waals surface area contributed by atoms with Crippen molar-refractivity contribution in [3.8, 4) is 17.1 Å². The van der Waals surface area contributed by atoms with Crippen LogP contribution in [0.2, 0.25) is 0 Å². The molecule has 0 aliphatic rings. The maximum absolute atomic E-state index is 5.80. The van der Waals surface area contributed by atoms with E-state index in [-0.39, 0.29) is 12.4 Å². The van der Waals surface area contributed by atoms with Crippen molar-refractivity contribution in [2.75, 3.05) is 18.2 Å². The van der Waals surface area contributed by atoms with Gasteiger partial charge in [0, 0.05) is 27.7 Å². The zero-order chi connectivity index (χ0) is 19.8. The number of ether oxygens (including phenoxy) is 1. The number of rotatable bonds is 4. The number of hydrogen-bond donors (Lipinski definition) is 2. The first kappa shape index (κ1) is 19.5. The lowest BCUT2D eigenvalue weighted by molar-refractivity contribution is 0.415. The molecule has 5 aromatic rings. The van der Waals surface area contributed by atoms with Gasteiger partial charge in [-0.1, -0.05) is 24.3 Å². The summed E-state index contributed by atoms with van der Waals surface area (Å²) in [5, 5.41) is 18.9. The van der Waals surface area contributed by atoms with Gasteiger partial charge in [0.1, 0.15) is 5.75 Å². The highest BCUT2D eigenvalue weighted by Gasteiger charge is 2.15. The summed E-state index contributed by atoms with van der Waals surface area (Å²) in [6.07, 6.45) is 0. The van der Waals surface area contributed by atoms with E-state index in [2.05, 4.69) is 15.5 Å². The monoisotopic (exact) mass is 418 g/mol. The quantitative estimate of drug-likeness (QED) is 0.411. The Labute approximate surface area is 178 Å². The van der Waals surface area contributed by atoms with Crippen LogP contribution >= 0.6 is 12.4 Å². The van der Waals surface area contributed by atoms with Crippen LogP contribution in [0.25, 0.3) is 27.8 Å². The van der Waals surface area contributed by atoms with Crippen LogP contribution in [-0.2, 0) is 0 Å². The highest BCUT2D eigenvalue weighted by Crippen LogP contribution is 2.29. The molecule has 2 heterocycles. The molecule has 0 atom stereocenters. The van der Waals surface area contributed by atoms with Crippen LogP contribution < -0.4 is 15.8 Å². The van der Waals surface area contributed by atoms with Gasteiger partial charge in [0.25, 0.3) is 0 Å². The van der Waals surface area contributed by atoms with Gasteiger partial charge in [0.15, 0.2) is 17.3 Å². The molecule has 0 aliphatic heterocycles. The van der Waals surface area contributed by atoms with Crippen LogP contribution in [0.5, 0.6) is 5.75 Å². The number of methoxy groups -OCH3 is 1. The lowest BCUT2D eigenvalue weighted by Gasteiger charge is -2.11. The molecule has 0 radical (unpaired) electrons. The lowest BCUT2D eigenvalue weighted by atomic mass is 10.1. The van der Waals surface area contributed by atoms with Gasteiger partial charge in [-0.25, -0.2) is 0 Å². The van der Waals surface area contributed by atoms with Gasteiger partial charge in [-0.3, -0.25) is 0 Å². The summed E-state index contributed by atoms with van der Waals surface area (Å²) < 4.78 is 7.02. The highest BCUT2D eigenvalue weighted by atomic mass is 35.5. The fourth-order valence-electron chi connectivity index (χ4n) is 3.30. The second kappa shape index (κ2) is 7.88. The summed E-state index contributed by atoms with van der Waals surface area (Å²) in [7, 11) is 1.64. The molecule has 150 valence electrons. The predicted molar refractivity (Wildman–Crippen MR) is 122 cm³/mol. The van der Waals surface area contributed by atoms with Crippen LogP contribution in [0.3, 0.4) is 0 Å². The van der Waals surface area contributed by atoms with Crippen LogP contribution in [-0.4, -0.2) is 26.9 Å². The number of aromatic nitrogens is 4.